The molecule has 18 heavy (non-hydrogen) atoms. The van der Waals surface area contributed by atoms with Gasteiger partial charge >= 0.3 is 0 Å². The normalized spacial score (nSPS) is 11.8. The van der Waals surface area contributed by atoms with Crippen molar-refractivity contribution in [1.29, 1.82) is 0 Å². The molecule has 96 valence electrons. The van der Waals surface area contributed by atoms with Crippen LogP contribution >= 0.6 is 27.5 Å². The number of benzene rings is 1. The Balaban J connectivity index is 2.44. The first-order valence-electron chi connectivity index (χ1n) is 5.44. The van der Waals surface area contributed by atoms with Crippen LogP contribution in [-0.2, 0) is 0 Å². The van der Waals surface area contributed by atoms with E-state index < -0.39 is 5.60 Å². The number of nitrogens with one attached hydrogen (secondary N) is 1. The highest BCUT2D eigenvalue weighted by molar-refractivity contribution is 9.10. The Labute approximate surface area is 118 Å². The molecule has 0 aliphatic heterocycles. The zero-order chi connectivity index (χ0) is 13.3. The fourth-order valence-electron chi connectivity index (χ4n) is 1.52. The van der Waals surface area contributed by atoms with E-state index in [0.29, 0.717) is 17.5 Å². The third-order valence-corrected chi connectivity index (χ3v) is 3.16. The zero-order valence-corrected chi connectivity index (χ0v) is 12.4. The van der Waals surface area contributed by atoms with Gasteiger partial charge in [-0.2, -0.15) is 0 Å². The number of aliphatic hydroxyl groups is 1. The number of nitrogens with zero attached hydrogens (tertiary/aromatic N) is 2. The molecule has 1 aromatic heterocycles. The van der Waals surface area contributed by atoms with E-state index in [2.05, 4.69) is 31.4 Å². The predicted octanol–water partition coefficient (Wildman–Crippen LogP) is 3.23. The predicted molar refractivity (Wildman–Crippen MR) is 77.0 cm³/mol. The maximum Gasteiger partial charge on any atom is 0.159 e. The van der Waals surface area contributed by atoms with E-state index >= 15 is 0 Å². The Morgan fingerprint density at radius 3 is 2.72 bits per heavy atom. The lowest BCUT2D eigenvalue weighted by Crippen LogP contribution is -2.29. The quantitative estimate of drug-likeness (QED) is 0.907. The molecule has 0 atom stereocenters. The number of fused-ring (bicyclic) bond motifs is 1. The number of hydrogen-bond acceptors (Lipinski definition) is 4. The van der Waals surface area contributed by atoms with Crippen LogP contribution in [0.2, 0.25) is 5.15 Å². The zero-order valence-electron chi connectivity index (χ0n) is 10.0. The van der Waals surface area contributed by atoms with Gasteiger partial charge in [-0.1, -0.05) is 27.5 Å². The molecule has 0 saturated carbocycles. The van der Waals surface area contributed by atoms with E-state index in [0.717, 1.165) is 15.2 Å². The van der Waals surface area contributed by atoms with Gasteiger partial charge in [0.05, 0.1) is 5.60 Å². The van der Waals surface area contributed by atoms with Crippen LogP contribution in [-0.4, -0.2) is 27.4 Å². The molecule has 0 saturated heterocycles. The number of aromatic nitrogens is 2. The van der Waals surface area contributed by atoms with E-state index in [4.69, 9.17) is 11.6 Å². The van der Waals surface area contributed by atoms with Crippen LogP contribution in [0.5, 0.6) is 0 Å². The van der Waals surface area contributed by atoms with Gasteiger partial charge in [0.25, 0.3) is 0 Å². The summed E-state index contributed by atoms with van der Waals surface area (Å²) in [6.45, 7) is 3.83. The molecule has 2 rings (SSSR count). The lowest BCUT2D eigenvalue weighted by atomic mass is 10.1. The average molecular weight is 331 g/mol. The van der Waals surface area contributed by atoms with Crippen LogP contribution < -0.4 is 5.32 Å². The van der Waals surface area contributed by atoms with E-state index in [1.165, 1.54) is 0 Å². The molecule has 0 fully saturated rings. The average Bonchev–Trinajstić information content (AvgIpc) is 2.27. The second-order valence-electron chi connectivity index (χ2n) is 4.70. The summed E-state index contributed by atoms with van der Waals surface area (Å²) in [6.07, 6.45) is 0. The van der Waals surface area contributed by atoms with E-state index in [1.807, 2.05) is 18.2 Å². The molecule has 2 N–H and O–H groups in total. The van der Waals surface area contributed by atoms with E-state index in [1.54, 1.807) is 13.8 Å². The smallest absolute Gasteiger partial charge is 0.159 e. The minimum atomic E-state index is -0.820. The Bertz CT molecular complexity index is 583. The molecule has 0 bridgehead atoms. The second kappa shape index (κ2) is 4.99. The van der Waals surface area contributed by atoms with Crippen LogP contribution in [0.1, 0.15) is 13.8 Å². The van der Waals surface area contributed by atoms with Gasteiger partial charge in [-0.15, -0.1) is 10.2 Å². The first kappa shape index (κ1) is 13.5. The first-order chi connectivity index (χ1) is 8.37. The molecular formula is C12H13BrClN3O. The van der Waals surface area contributed by atoms with Gasteiger partial charge in [0.2, 0.25) is 0 Å². The lowest BCUT2D eigenvalue weighted by Gasteiger charge is -2.18. The van der Waals surface area contributed by atoms with Crippen LogP contribution in [0, 0.1) is 0 Å². The van der Waals surface area contributed by atoms with Gasteiger partial charge in [0.15, 0.2) is 11.0 Å². The molecule has 2 aromatic rings. The van der Waals surface area contributed by atoms with E-state index in [9.17, 15) is 5.11 Å². The highest BCUT2D eigenvalue weighted by Crippen LogP contribution is 2.28. The summed E-state index contributed by atoms with van der Waals surface area (Å²) in [7, 11) is 0. The van der Waals surface area contributed by atoms with Crippen molar-refractivity contribution in [3.63, 3.8) is 0 Å². The van der Waals surface area contributed by atoms with Crippen molar-refractivity contribution >= 4 is 44.1 Å². The summed E-state index contributed by atoms with van der Waals surface area (Å²) in [4.78, 5) is 0. The van der Waals surface area contributed by atoms with Crippen molar-refractivity contribution in [2.75, 3.05) is 11.9 Å². The van der Waals surface area contributed by atoms with Crippen molar-refractivity contribution in [1.82, 2.24) is 10.2 Å². The Hall–Kier alpha value is -0.910. The van der Waals surface area contributed by atoms with Crippen LogP contribution in [0.3, 0.4) is 0 Å². The number of anilines is 1. The van der Waals surface area contributed by atoms with Gasteiger partial charge in [-0.05, 0) is 32.0 Å². The summed E-state index contributed by atoms with van der Waals surface area (Å²) < 4.78 is 0.936. The third kappa shape index (κ3) is 3.10. The topological polar surface area (TPSA) is 58.0 Å². The summed E-state index contributed by atoms with van der Waals surface area (Å²) in [5.41, 5.74) is -0.820. The van der Waals surface area contributed by atoms with Gasteiger partial charge in [0.1, 0.15) is 0 Å². The molecule has 0 amide bonds. The summed E-state index contributed by atoms with van der Waals surface area (Å²) in [6, 6.07) is 5.70. The monoisotopic (exact) mass is 329 g/mol. The summed E-state index contributed by atoms with van der Waals surface area (Å²) in [5, 5.41) is 22.8. The van der Waals surface area contributed by atoms with Crippen LogP contribution in [0.15, 0.2) is 22.7 Å². The highest BCUT2D eigenvalue weighted by Gasteiger charge is 2.14. The first-order valence-corrected chi connectivity index (χ1v) is 6.61. The Morgan fingerprint density at radius 2 is 2.06 bits per heavy atom. The molecule has 1 aromatic carbocycles. The number of halogens is 2. The molecule has 0 unspecified atom stereocenters. The van der Waals surface area contributed by atoms with Crippen molar-refractivity contribution in [2.45, 2.75) is 19.4 Å². The SMILES string of the molecule is CC(C)(O)CNc1nnc(Cl)c2ccc(Br)cc12. The van der Waals surface area contributed by atoms with Crippen molar-refractivity contribution in [3.8, 4) is 0 Å². The molecule has 0 aliphatic carbocycles. The maximum absolute atomic E-state index is 9.71. The number of hydrogen-bond donors (Lipinski definition) is 2. The largest absolute Gasteiger partial charge is 0.389 e. The lowest BCUT2D eigenvalue weighted by molar-refractivity contribution is 0.0944. The van der Waals surface area contributed by atoms with E-state index in [-0.39, 0.29) is 0 Å². The van der Waals surface area contributed by atoms with Gasteiger partial charge in [0, 0.05) is 21.8 Å². The fraction of sp³-hybridized carbons (Fsp3) is 0.333. The second-order valence-corrected chi connectivity index (χ2v) is 5.97. The van der Waals surface area contributed by atoms with Crippen LogP contribution in [0.4, 0.5) is 5.82 Å². The van der Waals surface area contributed by atoms with Gasteiger partial charge in [-0.3, -0.25) is 0 Å². The maximum atomic E-state index is 9.71. The summed E-state index contributed by atoms with van der Waals surface area (Å²) >= 11 is 9.42. The standard InChI is InChI=1S/C12H13BrClN3O/c1-12(2,18)6-15-11-9-5-7(13)3-4-8(9)10(14)16-17-11/h3-5,18H,6H2,1-2H3,(H,15,17). The highest BCUT2D eigenvalue weighted by atomic mass is 79.9. The minimum absolute atomic E-state index is 0.367. The van der Waals surface area contributed by atoms with Crippen molar-refractivity contribution in [2.24, 2.45) is 0 Å². The van der Waals surface area contributed by atoms with Crippen molar-refractivity contribution < 1.29 is 5.11 Å². The Morgan fingerprint density at radius 1 is 1.33 bits per heavy atom. The van der Waals surface area contributed by atoms with Gasteiger partial charge < -0.3 is 10.4 Å². The van der Waals surface area contributed by atoms with Gasteiger partial charge in [-0.25, -0.2) is 0 Å². The minimum Gasteiger partial charge on any atom is -0.389 e. The third-order valence-electron chi connectivity index (χ3n) is 2.39. The molecule has 4 nitrogen and oxygen atoms in total. The molecule has 0 spiro atoms. The molecule has 1 heterocycles. The van der Waals surface area contributed by atoms with Crippen LogP contribution in [0.25, 0.3) is 10.8 Å². The number of rotatable bonds is 3. The fourth-order valence-corrected chi connectivity index (χ4v) is 2.09. The summed E-state index contributed by atoms with van der Waals surface area (Å²) in [5.74, 6) is 0.609. The van der Waals surface area contributed by atoms with Crippen molar-refractivity contribution in [3.05, 3.63) is 27.8 Å². The molecule has 0 radical (unpaired) electrons. The Kier molecular flexibility index (Phi) is 3.75. The molecule has 6 heteroatoms. The molecule has 0 aliphatic rings. The molecular weight excluding hydrogens is 318 g/mol.